The molecule has 0 saturated carbocycles. The molecule has 114 valence electrons. The van der Waals surface area contributed by atoms with Crippen molar-refractivity contribution < 1.29 is 14.6 Å². The Morgan fingerprint density at radius 1 is 1.38 bits per heavy atom. The lowest BCUT2D eigenvalue weighted by atomic mass is 9.91. The maximum absolute atomic E-state index is 13.3. The molecule has 2 atom stereocenters. The molecule has 21 heavy (non-hydrogen) atoms. The summed E-state index contributed by atoms with van der Waals surface area (Å²) in [6.07, 6.45) is -0.189. The molecule has 2 aromatic rings. The Hall–Kier alpha value is -1.43. The summed E-state index contributed by atoms with van der Waals surface area (Å²) >= 11 is 0. The van der Waals surface area contributed by atoms with Gasteiger partial charge >= 0.3 is 0 Å². The summed E-state index contributed by atoms with van der Waals surface area (Å²) in [4.78, 5) is 2.12. The minimum Gasteiger partial charge on any atom is -0.389 e. The fourth-order valence-corrected chi connectivity index (χ4v) is 2.99. The molecule has 4 nitrogen and oxygen atoms in total. The molecule has 0 radical (unpaired) electrons. The van der Waals surface area contributed by atoms with Gasteiger partial charge in [0.25, 0.3) is 0 Å². The Morgan fingerprint density at radius 3 is 2.86 bits per heavy atom. The molecule has 1 aromatic carbocycles. The summed E-state index contributed by atoms with van der Waals surface area (Å²) in [5, 5.41) is 20.9. The number of aliphatic hydroxyl groups is 2. The molecule has 2 heterocycles. The number of hydrogen-bond acceptors (Lipinski definition) is 3. The van der Waals surface area contributed by atoms with E-state index in [2.05, 4.69) is 4.90 Å². The number of fused-ring (bicyclic) bond motifs is 1. The number of aromatic nitrogens is 1. The smallest absolute Gasteiger partial charge is 0.123 e. The van der Waals surface area contributed by atoms with Crippen molar-refractivity contribution in [2.24, 2.45) is 7.05 Å². The van der Waals surface area contributed by atoms with E-state index >= 15 is 0 Å². The van der Waals surface area contributed by atoms with Gasteiger partial charge < -0.3 is 14.8 Å². The molecular weight excluding hydrogens is 271 g/mol. The van der Waals surface area contributed by atoms with Gasteiger partial charge in [-0.15, -0.1) is 0 Å². The quantitative estimate of drug-likeness (QED) is 0.884. The minimum atomic E-state index is -1.00. The van der Waals surface area contributed by atoms with Gasteiger partial charge in [0.2, 0.25) is 0 Å². The van der Waals surface area contributed by atoms with E-state index in [1.165, 1.54) is 12.1 Å². The summed E-state index contributed by atoms with van der Waals surface area (Å²) in [5.41, 5.74) is 1.07. The van der Waals surface area contributed by atoms with Crippen molar-refractivity contribution in [3.63, 3.8) is 0 Å². The van der Waals surface area contributed by atoms with Crippen LogP contribution >= 0.6 is 0 Å². The van der Waals surface area contributed by atoms with Gasteiger partial charge in [-0.1, -0.05) is 0 Å². The highest BCUT2D eigenvalue weighted by Crippen LogP contribution is 2.25. The fourth-order valence-electron chi connectivity index (χ4n) is 2.99. The van der Waals surface area contributed by atoms with Crippen molar-refractivity contribution in [2.75, 3.05) is 13.1 Å². The monoisotopic (exact) mass is 292 g/mol. The van der Waals surface area contributed by atoms with Crippen LogP contribution in [0.25, 0.3) is 10.9 Å². The lowest BCUT2D eigenvalue weighted by molar-refractivity contribution is -0.108. The van der Waals surface area contributed by atoms with Crippen molar-refractivity contribution in [3.8, 4) is 0 Å². The summed E-state index contributed by atoms with van der Waals surface area (Å²) in [5.74, 6) is -0.232. The standard InChI is InChI=1S/C16H21FN2O2/c1-16(21)5-6-19(10-15(16)20)9-13-8-11-7-12(17)3-4-14(11)18(13)2/h3-4,7-8,15,20-21H,5-6,9-10H2,1-2H3/t15-,16-/m1/s1. The second-order valence-electron chi connectivity index (χ2n) is 6.26. The Labute approximate surface area is 123 Å². The highest BCUT2D eigenvalue weighted by molar-refractivity contribution is 5.81. The first-order valence-electron chi connectivity index (χ1n) is 7.23. The first kappa shape index (κ1) is 14.5. The van der Waals surface area contributed by atoms with Crippen molar-refractivity contribution in [1.82, 2.24) is 9.47 Å². The molecule has 0 spiro atoms. The third-order valence-corrected chi connectivity index (χ3v) is 4.57. The van der Waals surface area contributed by atoms with Crippen LogP contribution in [0.5, 0.6) is 0 Å². The number of likely N-dealkylation sites (tertiary alicyclic amines) is 1. The molecule has 5 heteroatoms. The van der Waals surface area contributed by atoms with Gasteiger partial charge in [0.05, 0.1) is 11.7 Å². The number of nitrogens with zero attached hydrogens (tertiary/aromatic N) is 2. The molecule has 1 aromatic heterocycles. The summed E-state index contributed by atoms with van der Waals surface area (Å²) in [6.45, 7) is 3.54. The van der Waals surface area contributed by atoms with E-state index in [9.17, 15) is 14.6 Å². The Morgan fingerprint density at radius 2 is 2.14 bits per heavy atom. The lowest BCUT2D eigenvalue weighted by Crippen LogP contribution is -2.53. The van der Waals surface area contributed by atoms with Crippen molar-refractivity contribution in [3.05, 3.63) is 35.8 Å². The normalized spacial score (nSPS) is 27.4. The van der Waals surface area contributed by atoms with Crippen LogP contribution in [-0.2, 0) is 13.6 Å². The molecule has 0 unspecified atom stereocenters. The number of aliphatic hydroxyl groups excluding tert-OH is 1. The zero-order valence-electron chi connectivity index (χ0n) is 12.4. The fraction of sp³-hybridized carbons (Fsp3) is 0.500. The Bertz CT molecular complexity index is 666. The summed E-state index contributed by atoms with van der Waals surface area (Å²) < 4.78 is 15.3. The Balaban J connectivity index is 1.81. The molecule has 1 aliphatic rings. The van der Waals surface area contributed by atoms with Gasteiger partial charge in [-0.2, -0.15) is 0 Å². The number of β-amino-alcohol motifs (C(OH)–C–C–N with tert-alkyl or cyclic N) is 1. The average molecular weight is 292 g/mol. The average Bonchev–Trinajstić information content (AvgIpc) is 2.71. The lowest BCUT2D eigenvalue weighted by Gasteiger charge is -2.39. The molecule has 1 aliphatic heterocycles. The molecule has 0 amide bonds. The number of halogens is 1. The first-order valence-corrected chi connectivity index (χ1v) is 7.23. The highest BCUT2D eigenvalue weighted by Gasteiger charge is 2.36. The maximum Gasteiger partial charge on any atom is 0.123 e. The van der Waals surface area contributed by atoms with E-state index in [4.69, 9.17) is 0 Å². The third-order valence-electron chi connectivity index (χ3n) is 4.57. The number of piperidine rings is 1. The van der Waals surface area contributed by atoms with Crippen LogP contribution in [0.15, 0.2) is 24.3 Å². The zero-order valence-corrected chi connectivity index (χ0v) is 12.4. The third kappa shape index (κ3) is 2.69. The van der Waals surface area contributed by atoms with Gasteiger partial charge in [-0.25, -0.2) is 4.39 Å². The molecule has 0 aliphatic carbocycles. The van der Waals surface area contributed by atoms with E-state index < -0.39 is 11.7 Å². The zero-order chi connectivity index (χ0) is 15.2. The number of aryl methyl sites for hydroxylation is 1. The topological polar surface area (TPSA) is 48.6 Å². The molecule has 0 bridgehead atoms. The van der Waals surface area contributed by atoms with Crippen LogP contribution < -0.4 is 0 Å². The Kier molecular flexibility index (Phi) is 3.51. The summed E-state index contributed by atoms with van der Waals surface area (Å²) in [7, 11) is 1.96. The number of hydrogen-bond donors (Lipinski definition) is 2. The van der Waals surface area contributed by atoms with E-state index in [0.29, 0.717) is 19.5 Å². The van der Waals surface area contributed by atoms with Gasteiger partial charge in [0, 0.05) is 43.3 Å². The van der Waals surface area contributed by atoms with Gasteiger partial charge in [-0.05, 0) is 37.6 Å². The first-order chi connectivity index (χ1) is 9.87. The van der Waals surface area contributed by atoms with Gasteiger partial charge in [-0.3, -0.25) is 4.90 Å². The van der Waals surface area contributed by atoms with E-state index in [0.717, 1.165) is 23.1 Å². The van der Waals surface area contributed by atoms with Crippen molar-refractivity contribution >= 4 is 10.9 Å². The van der Waals surface area contributed by atoms with Gasteiger partial charge in [0.15, 0.2) is 0 Å². The van der Waals surface area contributed by atoms with Crippen LogP contribution in [0.4, 0.5) is 4.39 Å². The SMILES string of the molecule is Cn1c(CN2CC[C@@](C)(O)[C@H](O)C2)cc2cc(F)ccc21. The predicted molar refractivity (Wildman–Crippen MR) is 79.4 cm³/mol. The molecular formula is C16H21FN2O2. The van der Waals surface area contributed by atoms with Crippen LogP contribution in [0.3, 0.4) is 0 Å². The molecule has 2 N–H and O–H groups in total. The van der Waals surface area contributed by atoms with Crippen molar-refractivity contribution in [1.29, 1.82) is 0 Å². The molecule has 1 fully saturated rings. The minimum absolute atomic E-state index is 0.232. The number of rotatable bonds is 2. The largest absolute Gasteiger partial charge is 0.389 e. The molecule has 3 rings (SSSR count). The van der Waals surface area contributed by atoms with Crippen LogP contribution in [-0.4, -0.2) is 44.5 Å². The van der Waals surface area contributed by atoms with Gasteiger partial charge in [0.1, 0.15) is 5.82 Å². The summed E-state index contributed by atoms with van der Waals surface area (Å²) in [6, 6.07) is 6.77. The second kappa shape index (κ2) is 5.09. The van der Waals surface area contributed by atoms with Crippen LogP contribution in [0, 0.1) is 5.82 Å². The number of benzene rings is 1. The maximum atomic E-state index is 13.3. The van der Waals surface area contributed by atoms with E-state index in [1.54, 1.807) is 13.0 Å². The van der Waals surface area contributed by atoms with Crippen molar-refractivity contribution in [2.45, 2.75) is 31.6 Å². The van der Waals surface area contributed by atoms with Crippen LogP contribution in [0.2, 0.25) is 0 Å². The highest BCUT2D eigenvalue weighted by atomic mass is 19.1. The second-order valence-corrected chi connectivity index (χ2v) is 6.26. The van der Waals surface area contributed by atoms with E-state index in [1.807, 2.05) is 17.7 Å². The molecule has 1 saturated heterocycles. The van der Waals surface area contributed by atoms with Crippen LogP contribution in [0.1, 0.15) is 19.0 Å². The van der Waals surface area contributed by atoms with E-state index in [-0.39, 0.29) is 5.82 Å². The predicted octanol–water partition coefficient (Wildman–Crippen LogP) is 1.63.